The molecule has 0 amide bonds. The molecule has 0 radical (unpaired) electrons. The lowest BCUT2D eigenvalue weighted by Crippen LogP contribution is -1.93. The van der Waals surface area contributed by atoms with Gasteiger partial charge in [-0.25, -0.2) is 13.2 Å². The van der Waals surface area contributed by atoms with Crippen LogP contribution in [0, 0.1) is 24.4 Å². The molecule has 108 valence electrons. The molecule has 0 fully saturated rings. The zero-order valence-electron chi connectivity index (χ0n) is 11.9. The molecule has 0 N–H and O–H groups in total. The smallest absolute Gasteiger partial charge is 0.161 e. The average molecular weight is 288 g/mol. The second-order valence-electron chi connectivity index (χ2n) is 4.73. The third kappa shape index (κ3) is 2.92. The fourth-order valence-corrected chi connectivity index (χ4v) is 2.21. The highest BCUT2D eigenvalue weighted by Crippen LogP contribution is 2.28. The molecule has 0 aliphatic heterocycles. The first kappa shape index (κ1) is 15.1. The normalized spacial score (nSPS) is 11.6. The lowest BCUT2D eigenvalue weighted by atomic mass is 9.98. The Labute approximate surface area is 122 Å². The molecule has 0 saturated carbocycles. The topological polar surface area (TPSA) is 0 Å². The molecule has 0 heterocycles. The molecular formula is C18H15F3. The maximum Gasteiger partial charge on any atom is 0.161 e. The van der Waals surface area contributed by atoms with Crippen LogP contribution in [-0.4, -0.2) is 0 Å². The minimum Gasteiger partial charge on any atom is -0.206 e. The van der Waals surface area contributed by atoms with Gasteiger partial charge in [0.1, 0.15) is 5.82 Å². The van der Waals surface area contributed by atoms with Crippen molar-refractivity contribution in [3.05, 3.63) is 77.6 Å². The Morgan fingerprint density at radius 3 is 2.29 bits per heavy atom. The Hall–Kier alpha value is -2.29. The van der Waals surface area contributed by atoms with E-state index < -0.39 is 17.5 Å². The monoisotopic (exact) mass is 288 g/mol. The van der Waals surface area contributed by atoms with Crippen LogP contribution in [0.4, 0.5) is 13.2 Å². The van der Waals surface area contributed by atoms with Crippen molar-refractivity contribution in [2.45, 2.75) is 13.8 Å². The zero-order chi connectivity index (χ0) is 15.6. The summed E-state index contributed by atoms with van der Waals surface area (Å²) >= 11 is 0. The van der Waals surface area contributed by atoms with Gasteiger partial charge in [-0.1, -0.05) is 30.9 Å². The summed E-state index contributed by atoms with van der Waals surface area (Å²) in [4.78, 5) is 0. The minimum atomic E-state index is -0.978. The quantitative estimate of drug-likeness (QED) is 0.638. The standard InChI is InChI=1S/C18H15F3/c1-4-12(5-2)13-6-7-15(16(19)9-13)14-8-11(3)18(21)17(20)10-14/h4-10H,1H2,2-3H3/b12-5+. The van der Waals surface area contributed by atoms with Gasteiger partial charge in [-0.2, -0.15) is 0 Å². The Kier molecular flexibility index (Phi) is 4.32. The fourth-order valence-electron chi connectivity index (χ4n) is 2.21. The van der Waals surface area contributed by atoms with Gasteiger partial charge in [0.25, 0.3) is 0 Å². The van der Waals surface area contributed by atoms with Gasteiger partial charge < -0.3 is 0 Å². The summed E-state index contributed by atoms with van der Waals surface area (Å²) in [5.74, 6) is -2.37. The van der Waals surface area contributed by atoms with Gasteiger partial charge in [0.2, 0.25) is 0 Å². The van der Waals surface area contributed by atoms with Crippen LogP contribution in [0.2, 0.25) is 0 Å². The van der Waals surface area contributed by atoms with E-state index in [0.717, 1.165) is 11.6 Å². The van der Waals surface area contributed by atoms with Crippen LogP contribution >= 0.6 is 0 Å². The predicted octanol–water partition coefficient (Wildman–Crippen LogP) is 5.67. The van der Waals surface area contributed by atoms with E-state index in [-0.39, 0.29) is 11.1 Å². The van der Waals surface area contributed by atoms with Gasteiger partial charge in [0.05, 0.1) is 0 Å². The summed E-state index contributed by atoms with van der Waals surface area (Å²) in [5.41, 5.74) is 2.19. The van der Waals surface area contributed by atoms with Gasteiger partial charge in [0.15, 0.2) is 11.6 Å². The van der Waals surface area contributed by atoms with Gasteiger partial charge in [-0.15, -0.1) is 0 Å². The van der Waals surface area contributed by atoms with Gasteiger partial charge in [0, 0.05) is 5.56 Å². The number of allylic oxidation sites excluding steroid dienone is 3. The third-order valence-electron chi connectivity index (χ3n) is 3.35. The molecule has 0 spiro atoms. The van der Waals surface area contributed by atoms with Crippen molar-refractivity contribution in [3.8, 4) is 11.1 Å². The molecule has 21 heavy (non-hydrogen) atoms. The van der Waals surface area contributed by atoms with E-state index in [1.165, 1.54) is 19.1 Å². The summed E-state index contributed by atoms with van der Waals surface area (Å²) in [6.45, 7) is 6.95. The van der Waals surface area contributed by atoms with E-state index in [0.29, 0.717) is 11.1 Å². The highest BCUT2D eigenvalue weighted by molar-refractivity contribution is 5.76. The molecule has 0 bridgehead atoms. The van der Waals surface area contributed by atoms with Crippen LogP contribution in [0.15, 0.2) is 49.1 Å². The van der Waals surface area contributed by atoms with Crippen LogP contribution in [-0.2, 0) is 0 Å². The lowest BCUT2D eigenvalue weighted by Gasteiger charge is -2.09. The van der Waals surface area contributed by atoms with E-state index in [2.05, 4.69) is 6.58 Å². The van der Waals surface area contributed by atoms with Crippen molar-refractivity contribution in [3.63, 3.8) is 0 Å². The van der Waals surface area contributed by atoms with Gasteiger partial charge in [-0.05, 0) is 54.3 Å². The molecule has 2 aromatic rings. The molecule has 0 saturated heterocycles. The predicted molar refractivity (Wildman–Crippen MR) is 80.3 cm³/mol. The molecule has 3 heteroatoms. The van der Waals surface area contributed by atoms with E-state index >= 15 is 0 Å². The average Bonchev–Trinajstić information content (AvgIpc) is 2.46. The van der Waals surface area contributed by atoms with Crippen LogP contribution in [0.1, 0.15) is 18.1 Å². The largest absolute Gasteiger partial charge is 0.206 e. The van der Waals surface area contributed by atoms with Crippen LogP contribution in [0.25, 0.3) is 16.7 Å². The molecule has 2 aromatic carbocycles. The summed E-state index contributed by atoms with van der Waals surface area (Å²) < 4.78 is 41.0. The SMILES string of the molecule is C=C/C(=C\C)c1ccc(-c2cc(C)c(F)c(F)c2)c(F)c1. The van der Waals surface area contributed by atoms with E-state index in [4.69, 9.17) is 0 Å². The number of rotatable bonds is 3. The Morgan fingerprint density at radius 1 is 1.05 bits per heavy atom. The molecule has 0 aliphatic rings. The van der Waals surface area contributed by atoms with Crippen LogP contribution in [0.3, 0.4) is 0 Å². The fraction of sp³-hybridized carbons (Fsp3) is 0.111. The molecule has 0 aliphatic carbocycles. The molecule has 0 unspecified atom stereocenters. The molecule has 0 nitrogen and oxygen atoms in total. The minimum absolute atomic E-state index is 0.147. The van der Waals surface area contributed by atoms with Crippen molar-refractivity contribution < 1.29 is 13.2 Å². The lowest BCUT2D eigenvalue weighted by molar-refractivity contribution is 0.503. The third-order valence-corrected chi connectivity index (χ3v) is 3.35. The first-order valence-electron chi connectivity index (χ1n) is 6.52. The summed E-state index contributed by atoms with van der Waals surface area (Å²) in [6, 6.07) is 7.09. The molecule has 0 aromatic heterocycles. The number of halogens is 3. The van der Waals surface area contributed by atoms with Crippen LogP contribution < -0.4 is 0 Å². The highest BCUT2D eigenvalue weighted by atomic mass is 19.2. The van der Waals surface area contributed by atoms with Crippen molar-refractivity contribution in [1.82, 2.24) is 0 Å². The maximum absolute atomic E-state index is 14.3. The van der Waals surface area contributed by atoms with E-state index in [9.17, 15) is 13.2 Å². The highest BCUT2D eigenvalue weighted by Gasteiger charge is 2.12. The Balaban J connectivity index is 2.54. The number of benzene rings is 2. The van der Waals surface area contributed by atoms with E-state index in [1.807, 2.05) is 13.0 Å². The van der Waals surface area contributed by atoms with E-state index in [1.54, 1.807) is 18.2 Å². The molecule has 0 atom stereocenters. The summed E-state index contributed by atoms with van der Waals surface area (Å²) in [7, 11) is 0. The second-order valence-corrected chi connectivity index (χ2v) is 4.73. The number of hydrogen-bond donors (Lipinski definition) is 0. The van der Waals surface area contributed by atoms with Crippen molar-refractivity contribution in [2.24, 2.45) is 0 Å². The van der Waals surface area contributed by atoms with Crippen LogP contribution in [0.5, 0.6) is 0 Å². The Bertz CT molecular complexity index is 704. The Morgan fingerprint density at radius 2 is 1.76 bits per heavy atom. The van der Waals surface area contributed by atoms with Crippen molar-refractivity contribution >= 4 is 5.57 Å². The van der Waals surface area contributed by atoms with Gasteiger partial charge >= 0.3 is 0 Å². The first-order valence-corrected chi connectivity index (χ1v) is 6.52. The van der Waals surface area contributed by atoms with Crippen molar-refractivity contribution in [2.75, 3.05) is 0 Å². The zero-order valence-corrected chi connectivity index (χ0v) is 11.9. The molecule has 2 rings (SSSR count). The second kappa shape index (κ2) is 6.00. The molecular weight excluding hydrogens is 273 g/mol. The number of aryl methyl sites for hydroxylation is 1. The van der Waals surface area contributed by atoms with Crippen molar-refractivity contribution in [1.29, 1.82) is 0 Å². The summed E-state index contributed by atoms with van der Waals surface area (Å²) in [5, 5.41) is 0. The number of hydrogen-bond acceptors (Lipinski definition) is 0. The summed E-state index contributed by atoms with van der Waals surface area (Å²) in [6.07, 6.45) is 3.46. The first-order chi connectivity index (χ1) is 9.97. The maximum atomic E-state index is 14.3. The van der Waals surface area contributed by atoms with Gasteiger partial charge in [-0.3, -0.25) is 0 Å².